The van der Waals surface area contributed by atoms with E-state index in [1.165, 1.54) is 38.5 Å². The van der Waals surface area contributed by atoms with Crippen molar-refractivity contribution in [2.45, 2.75) is 83.2 Å². The molecule has 0 N–H and O–H groups in total. The molecule has 2 aliphatic carbocycles. The van der Waals surface area contributed by atoms with Gasteiger partial charge in [0, 0.05) is 12.1 Å². The molecule has 0 amide bonds. The zero-order valence-electron chi connectivity index (χ0n) is 23.3. The molecule has 2 aliphatic rings. The van der Waals surface area contributed by atoms with Crippen LogP contribution in [0.15, 0.2) is 48.8 Å². The highest BCUT2D eigenvalue weighted by Gasteiger charge is 2.42. The molecule has 0 spiro atoms. The third-order valence-electron chi connectivity index (χ3n) is 8.33. The van der Waals surface area contributed by atoms with Crippen LogP contribution in [-0.2, 0) is 6.11 Å². The van der Waals surface area contributed by atoms with Gasteiger partial charge in [-0.25, -0.2) is 17.6 Å². The smallest absolute Gasteiger partial charge is 0.432 e. The number of ether oxygens (including phenoxy) is 2. The van der Waals surface area contributed by atoms with Crippen LogP contribution in [0.2, 0.25) is 0 Å². The summed E-state index contributed by atoms with van der Waals surface area (Å²) in [6.45, 7) is 2.22. The fraction of sp³-hybridized carbons (Fsp3) is 0.500. The lowest BCUT2D eigenvalue weighted by molar-refractivity contribution is -0.189. The minimum atomic E-state index is -4.64. The molecule has 0 aliphatic heterocycles. The summed E-state index contributed by atoms with van der Waals surface area (Å²) in [5, 5.41) is 0. The van der Waals surface area contributed by atoms with Crippen molar-refractivity contribution in [3.63, 3.8) is 0 Å². The van der Waals surface area contributed by atoms with Crippen LogP contribution in [0.4, 0.5) is 35.1 Å². The van der Waals surface area contributed by atoms with Gasteiger partial charge in [-0.15, -0.1) is 0 Å². The third-order valence-corrected chi connectivity index (χ3v) is 8.33. The van der Waals surface area contributed by atoms with E-state index in [0.29, 0.717) is 24.7 Å². The molecule has 230 valence electrons. The van der Waals surface area contributed by atoms with E-state index in [1.807, 2.05) is 0 Å². The predicted octanol–water partition coefficient (Wildman–Crippen LogP) is 10.9. The van der Waals surface area contributed by atoms with Crippen LogP contribution in [-0.4, -0.2) is 0 Å². The highest BCUT2D eigenvalue weighted by atomic mass is 19.3. The van der Waals surface area contributed by atoms with Crippen molar-refractivity contribution in [2.24, 2.45) is 17.8 Å². The molecule has 0 aromatic heterocycles. The Morgan fingerprint density at radius 3 is 1.81 bits per heavy atom. The van der Waals surface area contributed by atoms with Gasteiger partial charge in [-0.2, -0.15) is 17.6 Å². The van der Waals surface area contributed by atoms with Crippen molar-refractivity contribution in [1.82, 2.24) is 0 Å². The largest absolute Gasteiger partial charge is 0.453 e. The van der Waals surface area contributed by atoms with Gasteiger partial charge in [-0.05, 0) is 92.7 Å². The Morgan fingerprint density at radius 1 is 0.786 bits per heavy atom. The first-order valence-corrected chi connectivity index (χ1v) is 14.4. The maximum Gasteiger partial charge on any atom is 0.432 e. The van der Waals surface area contributed by atoms with Gasteiger partial charge in [0.05, 0.1) is 0 Å². The highest BCUT2D eigenvalue weighted by Crippen LogP contribution is 2.41. The van der Waals surface area contributed by atoms with E-state index in [2.05, 4.69) is 28.5 Å². The molecule has 0 radical (unpaired) electrons. The van der Waals surface area contributed by atoms with Crippen LogP contribution in [0.5, 0.6) is 11.5 Å². The topological polar surface area (TPSA) is 18.5 Å². The van der Waals surface area contributed by atoms with Gasteiger partial charge < -0.3 is 9.47 Å². The van der Waals surface area contributed by atoms with Crippen molar-refractivity contribution in [2.75, 3.05) is 0 Å². The van der Waals surface area contributed by atoms with E-state index in [-0.39, 0.29) is 29.9 Å². The average molecular weight is 603 g/mol. The highest BCUT2D eigenvalue weighted by molar-refractivity contribution is 5.37. The Bertz CT molecular complexity index is 1230. The van der Waals surface area contributed by atoms with Gasteiger partial charge in [0.1, 0.15) is 22.9 Å². The van der Waals surface area contributed by atoms with E-state index < -0.39 is 52.5 Å². The predicted molar refractivity (Wildman–Crippen MR) is 142 cm³/mol. The first kappa shape index (κ1) is 31.9. The maximum atomic E-state index is 14.9. The molecular formula is C32H34F8O2. The second-order valence-electron chi connectivity index (χ2n) is 11.3. The summed E-state index contributed by atoms with van der Waals surface area (Å²) in [6.07, 6.45) is 7.72. The van der Waals surface area contributed by atoms with E-state index in [9.17, 15) is 35.1 Å². The van der Waals surface area contributed by atoms with E-state index in [0.717, 1.165) is 30.9 Å². The summed E-state index contributed by atoms with van der Waals surface area (Å²) >= 11 is 0. The van der Waals surface area contributed by atoms with Gasteiger partial charge in [0.25, 0.3) is 0 Å². The van der Waals surface area contributed by atoms with Crippen LogP contribution in [0.25, 0.3) is 0 Å². The molecule has 2 aromatic rings. The van der Waals surface area contributed by atoms with Crippen molar-refractivity contribution in [3.8, 4) is 11.5 Å². The Morgan fingerprint density at radius 2 is 1.31 bits per heavy atom. The third kappa shape index (κ3) is 8.07. The van der Waals surface area contributed by atoms with Gasteiger partial charge >= 0.3 is 12.2 Å². The molecule has 0 bridgehead atoms. The van der Waals surface area contributed by atoms with Gasteiger partial charge in [0.2, 0.25) is 0 Å². The minimum Gasteiger partial charge on any atom is -0.453 e. The summed E-state index contributed by atoms with van der Waals surface area (Å²) in [6, 6.07) is 2.15. The number of allylic oxidation sites excluding steroid dienone is 2. The van der Waals surface area contributed by atoms with Crippen LogP contribution >= 0.6 is 0 Å². The fourth-order valence-electron chi connectivity index (χ4n) is 6.15. The van der Waals surface area contributed by atoms with Crippen molar-refractivity contribution in [1.29, 1.82) is 0 Å². The molecule has 2 nitrogen and oxygen atoms in total. The van der Waals surface area contributed by atoms with Crippen LogP contribution in [0.3, 0.4) is 0 Å². The first-order chi connectivity index (χ1) is 20.0. The number of halogens is 8. The number of hydrogen-bond acceptors (Lipinski definition) is 2. The normalized spacial score (nSPS) is 23.2. The van der Waals surface area contributed by atoms with Crippen molar-refractivity contribution >= 4 is 0 Å². The van der Waals surface area contributed by atoms with Gasteiger partial charge in [0.15, 0.2) is 23.6 Å². The van der Waals surface area contributed by atoms with Crippen LogP contribution in [0, 0.1) is 41.0 Å². The monoisotopic (exact) mass is 602 g/mol. The molecule has 2 aromatic carbocycles. The van der Waals surface area contributed by atoms with Gasteiger partial charge in [-0.3, -0.25) is 0 Å². The number of alkyl halides is 2. The Labute approximate surface area is 240 Å². The molecule has 10 heteroatoms. The van der Waals surface area contributed by atoms with Crippen LogP contribution < -0.4 is 9.47 Å². The zero-order chi connectivity index (χ0) is 30.4. The summed E-state index contributed by atoms with van der Waals surface area (Å²) < 4.78 is 120. The lowest BCUT2D eigenvalue weighted by Gasteiger charge is -2.29. The SMILES string of the molecule is CCCC1CCC(/C=C/C2CCC(c3cc(F)c(C(F)(F)Oc4cc(F)c(OC=C(F)F)c(F)c4)c(F)c3)CC2)CC1. The summed E-state index contributed by atoms with van der Waals surface area (Å²) in [5.41, 5.74) is -1.45. The quantitative estimate of drug-likeness (QED) is 0.153. The summed E-state index contributed by atoms with van der Waals surface area (Å²) in [4.78, 5) is 0. The Kier molecular flexibility index (Phi) is 10.6. The number of benzene rings is 2. The molecular weight excluding hydrogens is 568 g/mol. The standard InChI is InChI=1S/C32H34F8O2/c1-2-3-19-4-6-20(7-5-19)8-9-21-10-12-22(13-11-21)23-14-25(33)30(26(34)15-23)32(39,40)42-24-16-27(35)31(28(36)17-24)41-18-29(37)38/h8-9,14-22H,2-7,10-13H2,1H3/b9-8+. The van der Waals surface area contributed by atoms with Crippen molar-refractivity contribution < 1.29 is 44.6 Å². The molecule has 2 fully saturated rings. The van der Waals surface area contributed by atoms with E-state index >= 15 is 0 Å². The molecule has 4 rings (SSSR count). The van der Waals surface area contributed by atoms with Crippen LogP contribution in [0.1, 0.15) is 88.2 Å². The number of hydrogen-bond donors (Lipinski definition) is 0. The lowest BCUT2D eigenvalue weighted by Crippen LogP contribution is -2.26. The molecule has 42 heavy (non-hydrogen) atoms. The maximum absolute atomic E-state index is 14.9. The number of rotatable bonds is 10. The Balaban J connectivity index is 1.38. The lowest BCUT2D eigenvalue weighted by atomic mass is 9.76. The molecule has 0 saturated heterocycles. The minimum absolute atomic E-state index is 0.203. The summed E-state index contributed by atoms with van der Waals surface area (Å²) in [7, 11) is 0. The average Bonchev–Trinajstić information content (AvgIpc) is 2.91. The molecule has 2 saturated carbocycles. The Hall–Kier alpha value is -3.04. The van der Waals surface area contributed by atoms with E-state index in [4.69, 9.17) is 0 Å². The second-order valence-corrected chi connectivity index (χ2v) is 11.3. The summed E-state index contributed by atoms with van der Waals surface area (Å²) in [5.74, 6) is -7.21. The van der Waals surface area contributed by atoms with E-state index in [1.54, 1.807) is 0 Å². The first-order valence-electron chi connectivity index (χ1n) is 14.4. The van der Waals surface area contributed by atoms with Gasteiger partial charge in [-0.1, -0.05) is 31.9 Å². The zero-order valence-corrected chi connectivity index (χ0v) is 23.3. The molecule has 0 unspecified atom stereocenters. The molecule has 0 heterocycles. The molecule has 0 atom stereocenters. The fourth-order valence-corrected chi connectivity index (χ4v) is 6.15. The second kappa shape index (κ2) is 14.0. The van der Waals surface area contributed by atoms with Crippen molar-refractivity contribution in [3.05, 3.63) is 83.2 Å².